The van der Waals surface area contributed by atoms with Crippen molar-refractivity contribution < 1.29 is 9.53 Å². The Labute approximate surface area is 164 Å². The lowest BCUT2D eigenvalue weighted by Gasteiger charge is -2.38. The summed E-state index contributed by atoms with van der Waals surface area (Å²) >= 11 is 0. The molecule has 0 spiro atoms. The van der Waals surface area contributed by atoms with Crippen molar-refractivity contribution in [3.05, 3.63) is 47.0 Å². The minimum atomic E-state index is 0.123. The zero-order valence-electron chi connectivity index (χ0n) is 17.1. The number of ether oxygens (including phenoxy) is 1. The summed E-state index contributed by atoms with van der Waals surface area (Å²) in [6.45, 7) is 8.35. The van der Waals surface area contributed by atoms with Crippen LogP contribution >= 0.6 is 0 Å². The van der Waals surface area contributed by atoms with Crippen molar-refractivity contribution in [1.29, 1.82) is 0 Å². The van der Waals surface area contributed by atoms with E-state index in [1.807, 2.05) is 18.7 Å². The number of carbonyl (C=O) groups is 1. The number of piperidine rings is 1. The molecule has 1 aliphatic heterocycles. The van der Waals surface area contributed by atoms with Gasteiger partial charge in [-0.3, -0.25) is 9.69 Å². The molecule has 4 heteroatoms. The molecule has 0 N–H and O–H groups in total. The van der Waals surface area contributed by atoms with Crippen LogP contribution < -0.4 is 0 Å². The van der Waals surface area contributed by atoms with E-state index in [1.54, 1.807) is 13.2 Å². The van der Waals surface area contributed by atoms with Crippen LogP contribution in [0.3, 0.4) is 0 Å². The average Bonchev–Trinajstić information content (AvgIpc) is 3.09. The predicted octanol–water partition coefficient (Wildman–Crippen LogP) is 3.31. The fourth-order valence-electron chi connectivity index (χ4n) is 4.51. The number of likely N-dealkylation sites (tertiary alicyclic amines) is 1. The molecule has 0 bridgehead atoms. The monoisotopic (exact) mass is 370 g/mol. The molecular formula is C23H34N2O2. The maximum Gasteiger partial charge on any atom is 0.246 e. The maximum atomic E-state index is 12.6. The van der Waals surface area contributed by atoms with E-state index in [2.05, 4.69) is 29.2 Å². The molecule has 2 aliphatic rings. The van der Waals surface area contributed by atoms with Crippen LogP contribution in [0.25, 0.3) is 0 Å². The number of fused-ring (bicyclic) bond motifs is 1. The summed E-state index contributed by atoms with van der Waals surface area (Å²) in [6, 6.07) is 9.50. The van der Waals surface area contributed by atoms with Gasteiger partial charge in [-0.1, -0.05) is 29.8 Å². The quantitative estimate of drug-likeness (QED) is 0.691. The van der Waals surface area contributed by atoms with Crippen molar-refractivity contribution in [3.63, 3.8) is 0 Å². The van der Waals surface area contributed by atoms with Gasteiger partial charge in [-0.05, 0) is 63.1 Å². The standard InChI is InChI=1S/C23H34N2O2/c1-18(2)13-23(26)25(11-12-27-3)17-19-7-6-10-24(16-19)22-14-20-8-4-5-9-21(20)15-22/h4-5,8-9,13,19,22H,6-7,10-12,14-17H2,1-3H3/t19-/m1/s1. The maximum absolute atomic E-state index is 12.6. The van der Waals surface area contributed by atoms with E-state index >= 15 is 0 Å². The third kappa shape index (κ3) is 5.43. The van der Waals surface area contributed by atoms with E-state index in [-0.39, 0.29) is 5.91 Å². The zero-order chi connectivity index (χ0) is 19.2. The molecule has 4 nitrogen and oxygen atoms in total. The molecule has 1 aromatic carbocycles. The van der Waals surface area contributed by atoms with E-state index < -0.39 is 0 Å². The highest BCUT2D eigenvalue weighted by atomic mass is 16.5. The van der Waals surface area contributed by atoms with Crippen molar-refractivity contribution in [3.8, 4) is 0 Å². The van der Waals surface area contributed by atoms with Gasteiger partial charge in [-0.2, -0.15) is 0 Å². The minimum Gasteiger partial charge on any atom is -0.383 e. The normalized spacial score (nSPS) is 20.3. The van der Waals surface area contributed by atoms with Crippen molar-refractivity contribution >= 4 is 5.91 Å². The number of rotatable bonds is 7. The van der Waals surface area contributed by atoms with Crippen molar-refractivity contribution in [2.45, 2.75) is 45.6 Å². The molecule has 0 aromatic heterocycles. The molecule has 3 rings (SSSR count). The van der Waals surface area contributed by atoms with Gasteiger partial charge < -0.3 is 9.64 Å². The summed E-state index contributed by atoms with van der Waals surface area (Å²) in [5, 5.41) is 0. The topological polar surface area (TPSA) is 32.8 Å². The van der Waals surface area contributed by atoms with Gasteiger partial charge in [0.2, 0.25) is 5.91 Å². The zero-order valence-corrected chi connectivity index (χ0v) is 17.1. The fourth-order valence-corrected chi connectivity index (χ4v) is 4.51. The highest BCUT2D eigenvalue weighted by molar-refractivity contribution is 5.88. The Morgan fingerprint density at radius 2 is 1.96 bits per heavy atom. The van der Waals surface area contributed by atoms with Crippen LogP contribution in [0.4, 0.5) is 0 Å². The fraction of sp³-hybridized carbons (Fsp3) is 0.609. The first-order valence-corrected chi connectivity index (χ1v) is 10.3. The molecule has 148 valence electrons. The highest BCUT2D eigenvalue weighted by Crippen LogP contribution is 2.29. The van der Waals surface area contributed by atoms with Crippen LogP contribution in [-0.4, -0.2) is 61.6 Å². The van der Waals surface area contributed by atoms with Gasteiger partial charge in [0.1, 0.15) is 0 Å². The third-order valence-corrected chi connectivity index (χ3v) is 5.86. The van der Waals surface area contributed by atoms with Crippen LogP contribution in [0.1, 0.15) is 37.8 Å². The highest BCUT2D eigenvalue weighted by Gasteiger charge is 2.31. The molecule has 1 heterocycles. The lowest BCUT2D eigenvalue weighted by molar-refractivity contribution is -0.127. The molecule has 0 radical (unpaired) electrons. The van der Waals surface area contributed by atoms with Crippen LogP contribution in [0.2, 0.25) is 0 Å². The molecular weight excluding hydrogens is 336 g/mol. The number of benzene rings is 1. The summed E-state index contributed by atoms with van der Waals surface area (Å²) in [4.78, 5) is 17.3. The first-order valence-electron chi connectivity index (χ1n) is 10.3. The molecule has 1 fully saturated rings. The van der Waals surface area contributed by atoms with E-state index in [9.17, 15) is 4.79 Å². The van der Waals surface area contributed by atoms with Gasteiger partial charge >= 0.3 is 0 Å². The third-order valence-electron chi connectivity index (χ3n) is 5.86. The first kappa shape index (κ1) is 20.1. The summed E-state index contributed by atoms with van der Waals surface area (Å²) in [5.74, 6) is 0.672. The van der Waals surface area contributed by atoms with Gasteiger partial charge in [0.05, 0.1) is 6.61 Å². The van der Waals surface area contributed by atoms with Crippen LogP contribution in [0.5, 0.6) is 0 Å². The Balaban J connectivity index is 1.59. The Bertz CT molecular complexity index is 641. The largest absolute Gasteiger partial charge is 0.383 e. The minimum absolute atomic E-state index is 0.123. The predicted molar refractivity (Wildman–Crippen MR) is 110 cm³/mol. The number of amides is 1. The molecule has 1 aliphatic carbocycles. The summed E-state index contributed by atoms with van der Waals surface area (Å²) in [7, 11) is 1.70. The number of allylic oxidation sites excluding steroid dienone is 1. The first-order chi connectivity index (χ1) is 13.1. The molecule has 1 atom stereocenters. The summed E-state index contributed by atoms with van der Waals surface area (Å²) in [5.41, 5.74) is 4.09. The van der Waals surface area contributed by atoms with E-state index in [4.69, 9.17) is 4.74 Å². The summed E-state index contributed by atoms with van der Waals surface area (Å²) < 4.78 is 5.23. The van der Waals surface area contributed by atoms with E-state index in [0.29, 0.717) is 25.1 Å². The second kappa shape index (κ2) is 9.52. The molecule has 27 heavy (non-hydrogen) atoms. The van der Waals surface area contributed by atoms with Gasteiger partial charge in [0.15, 0.2) is 0 Å². The SMILES string of the molecule is COCCN(C[C@@H]1CCCN(C2Cc3ccccc3C2)C1)C(=O)C=C(C)C. The average molecular weight is 371 g/mol. The Morgan fingerprint density at radius 1 is 1.26 bits per heavy atom. The second-order valence-electron chi connectivity index (χ2n) is 8.33. The molecule has 1 saturated heterocycles. The van der Waals surface area contributed by atoms with Crippen molar-refractivity contribution in [2.24, 2.45) is 5.92 Å². The lowest BCUT2D eigenvalue weighted by Crippen LogP contribution is -2.47. The molecule has 1 aromatic rings. The van der Waals surface area contributed by atoms with Crippen LogP contribution in [0, 0.1) is 5.92 Å². The van der Waals surface area contributed by atoms with Crippen molar-refractivity contribution in [1.82, 2.24) is 9.80 Å². The number of hydrogen-bond acceptors (Lipinski definition) is 3. The van der Waals surface area contributed by atoms with Gasteiger partial charge in [-0.15, -0.1) is 0 Å². The molecule has 0 unspecified atom stereocenters. The van der Waals surface area contributed by atoms with Crippen LogP contribution in [0.15, 0.2) is 35.9 Å². The van der Waals surface area contributed by atoms with Crippen molar-refractivity contribution in [2.75, 3.05) is 39.9 Å². The second-order valence-corrected chi connectivity index (χ2v) is 8.33. The van der Waals surface area contributed by atoms with E-state index in [0.717, 1.165) is 18.7 Å². The number of methoxy groups -OCH3 is 1. The molecule has 0 saturated carbocycles. The number of carbonyl (C=O) groups excluding carboxylic acids is 1. The van der Waals surface area contributed by atoms with E-state index in [1.165, 1.54) is 43.4 Å². The molecule has 1 amide bonds. The van der Waals surface area contributed by atoms with Gasteiger partial charge in [-0.25, -0.2) is 0 Å². The number of hydrogen-bond donors (Lipinski definition) is 0. The summed E-state index contributed by atoms with van der Waals surface area (Å²) in [6.07, 6.45) is 6.54. The Kier molecular flexibility index (Phi) is 7.08. The van der Waals surface area contributed by atoms with Gasteiger partial charge in [0.25, 0.3) is 0 Å². The number of nitrogens with zero attached hydrogens (tertiary/aromatic N) is 2. The van der Waals surface area contributed by atoms with Gasteiger partial charge in [0, 0.05) is 38.9 Å². The lowest BCUT2D eigenvalue weighted by atomic mass is 9.95. The Hall–Kier alpha value is -1.65. The smallest absolute Gasteiger partial charge is 0.246 e. The van der Waals surface area contributed by atoms with Crippen LogP contribution in [-0.2, 0) is 22.4 Å². The Morgan fingerprint density at radius 3 is 2.59 bits per heavy atom.